The number of hydrogen-bond donors (Lipinski definition) is 1. The number of amidine groups is 1. The molecule has 0 saturated carbocycles. The van der Waals surface area contributed by atoms with Gasteiger partial charge >= 0.3 is 5.97 Å². The number of likely N-dealkylation sites (N-methyl/N-ethyl adjacent to an activating group) is 1. The van der Waals surface area contributed by atoms with Gasteiger partial charge in [0.05, 0.1) is 12.0 Å². The molecule has 2 rings (SSSR count). The molecule has 1 aromatic carbocycles. The van der Waals surface area contributed by atoms with Crippen molar-refractivity contribution < 1.29 is 24.2 Å². The quantitative estimate of drug-likeness (QED) is 0.818. The third kappa shape index (κ3) is 3.53. The van der Waals surface area contributed by atoms with Crippen molar-refractivity contribution in [2.75, 3.05) is 21.2 Å². The van der Waals surface area contributed by atoms with Gasteiger partial charge in [-0.15, -0.1) is 0 Å². The van der Waals surface area contributed by atoms with Gasteiger partial charge in [-0.25, -0.2) is 4.79 Å². The van der Waals surface area contributed by atoms with Crippen LogP contribution in [0.3, 0.4) is 0 Å². The Morgan fingerprint density at radius 2 is 2.17 bits per heavy atom. The van der Waals surface area contributed by atoms with E-state index in [-0.39, 0.29) is 11.7 Å². The van der Waals surface area contributed by atoms with Crippen molar-refractivity contribution in [2.24, 2.45) is 4.99 Å². The summed E-state index contributed by atoms with van der Waals surface area (Å²) in [5, 5.41) is 9.66. The summed E-state index contributed by atoms with van der Waals surface area (Å²) in [4.78, 5) is 29.3. The van der Waals surface area contributed by atoms with Crippen LogP contribution in [0.25, 0.3) is 6.08 Å². The monoisotopic (exact) mass is 350 g/mol. The number of ether oxygens (including phenoxy) is 2. The van der Waals surface area contributed by atoms with Crippen LogP contribution in [0.1, 0.15) is 12.5 Å². The number of carboxylic acids is 1. The number of nitrogens with zero attached hydrogens (tertiary/aromatic N) is 2. The number of thioether (sulfide) groups is 1. The van der Waals surface area contributed by atoms with Crippen LogP contribution in [0.4, 0.5) is 0 Å². The Labute approximate surface area is 144 Å². The normalized spacial score (nSPS) is 19.0. The molecule has 1 atom stereocenters. The summed E-state index contributed by atoms with van der Waals surface area (Å²) in [5.74, 6) is -0.599. The Bertz CT molecular complexity index is 729. The number of carbonyl (C=O) groups excluding carboxylic acids is 1. The first-order valence-corrected chi connectivity index (χ1v) is 7.91. The molecule has 1 aliphatic rings. The lowest BCUT2D eigenvalue weighted by molar-refractivity contribution is -0.144. The summed E-state index contributed by atoms with van der Waals surface area (Å²) in [5.41, 5.74) is 0.559. The number of rotatable bonds is 5. The molecule has 1 fully saturated rings. The van der Waals surface area contributed by atoms with Gasteiger partial charge in [-0.05, 0) is 30.8 Å². The first-order chi connectivity index (χ1) is 11.4. The highest BCUT2D eigenvalue weighted by Crippen LogP contribution is 2.37. The Balaban J connectivity index is 2.45. The molecule has 0 bridgehead atoms. The van der Waals surface area contributed by atoms with E-state index in [2.05, 4.69) is 4.99 Å². The summed E-state index contributed by atoms with van der Waals surface area (Å²) >= 11 is 1.24. The number of carbonyl (C=O) groups is 2. The summed E-state index contributed by atoms with van der Waals surface area (Å²) in [6.07, 6.45) is 0.592. The van der Waals surface area contributed by atoms with E-state index in [4.69, 9.17) is 14.6 Å². The number of hydrogen-bond acceptors (Lipinski definition) is 6. The van der Waals surface area contributed by atoms with Crippen molar-refractivity contribution in [3.05, 3.63) is 28.7 Å². The SMILES string of the molecule is CN=C1S/C(=C\c2cccc(OC)c2O[C@H](C)C(=O)O)C(=O)N1C. The molecule has 1 N–H and O–H groups in total. The molecule has 0 unspecified atom stereocenters. The molecule has 0 aromatic heterocycles. The number of aliphatic imine (C=N–C) groups is 1. The maximum atomic E-state index is 12.3. The lowest BCUT2D eigenvalue weighted by Gasteiger charge is -2.16. The van der Waals surface area contributed by atoms with Gasteiger partial charge in [0, 0.05) is 19.7 Å². The second-order valence-corrected chi connectivity index (χ2v) is 5.97. The zero-order valence-electron chi connectivity index (χ0n) is 13.8. The average Bonchev–Trinajstić information content (AvgIpc) is 2.83. The van der Waals surface area contributed by atoms with Crippen LogP contribution in [0, 0.1) is 0 Å². The number of carboxylic acid groups (broad SMARTS) is 1. The van der Waals surface area contributed by atoms with Crippen LogP contribution < -0.4 is 9.47 Å². The summed E-state index contributed by atoms with van der Waals surface area (Å²) < 4.78 is 10.8. The molecule has 1 aromatic rings. The number of methoxy groups -OCH3 is 1. The molecule has 0 spiro atoms. The Kier molecular flexibility index (Phi) is 5.50. The van der Waals surface area contributed by atoms with Crippen molar-refractivity contribution in [3.8, 4) is 11.5 Å². The molecule has 1 amide bonds. The van der Waals surface area contributed by atoms with Crippen LogP contribution in [0.2, 0.25) is 0 Å². The predicted molar refractivity (Wildman–Crippen MR) is 92.4 cm³/mol. The Hall–Kier alpha value is -2.48. The van der Waals surface area contributed by atoms with E-state index in [0.717, 1.165) is 0 Å². The van der Waals surface area contributed by atoms with E-state index >= 15 is 0 Å². The second-order valence-electron chi connectivity index (χ2n) is 4.96. The maximum absolute atomic E-state index is 12.3. The lowest BCUT2D eigenvalue weighted by atomic mass is 10.1. The van der Waals surface area contributed by atoms with Crippen molar-refractivity contribution >= 4 is 34.9 Å². The molecular weight excluding hydrogens is 332 g/mol. The van der Waals surface area contributed by atoms with E-state index in [0.29, 0.717) is 21.4 Å². The number of amides is 1. The van der Waals surface area contributed by atoms with Crippen molar-refractivity contribution in [2.45, 2.75) is 13.0 Å². The van der Waals surface area contributed by atoms with Crippen LogP contribution in [-0.2, 0) is 9.59 Å². The van der Waals surface area contributed by atoms with Gasteiger partial charge in [0.25, 0.3) is 5.91 Å². The zero-order valence-corrected chi connectivity index (χ0v) is 14.6. The van der Waals surface area contributed by atoms with Crippen LogP contribution in [0.15, 0.2) is 28.1 Å². The fraction of sp³-hybridized carbons (Fsp3) is 0.312. The largest absolute Gasteiger partial charge is 0.493 e. The van der Waals surface area contributed by atoms with Crippen LogP contribution in [-0.4, -0.2) is 54.4 Å². The highest BCUT2D eigenvalue weighted by molar-refractivity contribution is 8.18. The van der Waals surface area contributed by atoms with Gasteiger partial charge < -0.3 is 14.6 Å². The minimum atomic E-state index is -1.09. The molecule has 8 heteroatoms. The first kappa shape index (κ1) is 17.9. The van der Waals surface area contributed by atoms with Crippen molar-refractivity contribution in [3.63, 3.8) is 0 Å². The molecule has 0 aliphatic carbocycles. The third-order valence-electron chi connectivity index (χ3n) is 3.35. The van der Waals surface area contributed by atoms with Gasteiger partial charge in [0.2, 0.25) is 0 Å². The molecule has 24 heavy (non-hydrogen) atoms. The molecule has 7 nitrogen and oxygen atoms in total. The lowest BCUT2D eigenvalue weighted by Crippen LogP contribution is -2.24. The van der Waals surface area contributed by atoms with Crippen molar-refractivity contribution in [1.29, 1.82) is 0 Å². The average molecular weight is 350 g/mol. The number of benzene rings is 1. The van der Waals surface area contributed by atoms with Gasteiger partial charge in [-0.1, -0.05) is 12.1 Å². The van der Waals surface area contributed by atoms with Crippen LogP contribution in [0.5, 0.6) is 11.5 Å². The van der Waals surface area contributed by atoms with E-state index in [9.17, 15) is 9.59 Å². The van der Waals surface area contributed by atoms with Crippen molar-refractivity contribution in [1.82, 2.24) is 4.90 Å². The first-order valence-electron chi connectivity index (χ1n) is 7.09. The Morgan fingerprint density at radius 3 is 2.71 bits per heavy atom. The second kappa shape index (κ2) is 7.39. The summed E-state index contributed by atoms with van der Waals surface area (Å²) in [7, 11) is 4.73. The minimum Gasteiger partial charge on any atom is -0.493 e. The van der Waals surface area contributed by atoms with E-state index in [1.54, 1.807) is 38.4 Å². The fourth-order valence-corrected chi connectivity index (χ4v) is 2.97. The van der Waals surface area contributed by atoms with Gasteiger partial charge in [0.1, 0.15) is 0 Å². The highest BCUT2D eigenvalue weighted by Gasteiger charge is 2.30. The highest BCUT2D eigenvalue weighted by atomic mass is 32.2. The zero-order chi connectivity index (χ0) is 17.9. The van der Waals surface area contributed by atoms with Crippen LogP contribution >= 0.6 is 11.8 Å². The minimum absolute atomic E-state index is 0.180. The molecule has 1 heterocycles. The van der Waals surface area contributed by atoms with Gasteiger partial charge in [-0.2, -0.15) is 0 Å². The number of aliphatic carboxylic acids is 1. The number of para-hydroxylation sites is 1. The predicted octanol–water partition coefficient (Wildman–Crippen LogP) is 2.08. The van der Waals surface area contributed by atoms with E-state index in [1.807, 2.05) is 0 Å². The summed E-state index contributed by atoms with van der Waals surface area (Å²) in [6, 6.07) is 5.14. The fourth-order valence-electron chi connectivity index (χ4n) is 2.05. The smallest absolute Gasteiger partial charge is 0.344 e. The van der Waals surface area contributed by atoms with E-state index < -0.39 is 12.1 Å². The molecular formula is C16H18N2O5S. The summed E-state index contributed by atoms with van der Waals surface area (Å²) in [6.45, 7) is 1.43. The molecule has 1 saturated heterocycles. The van der Waals surface area contributed by atoms with Gasteiger partial charge in [-0.3, -0.25) is 14.7 Å². The van der Waals surface area contributed by atoms with Gasteiger partial charge in [0.15, 0.2) is 22.8 Å². The Morgan fingerprint density at radius 1 is 1.46 bits per heavy atom. The molecule has 128 valence electrons. The standard InChI is InChI=1S/C16H18N2O5S/c1-9(15(20)21)23-13-10(6-5-7-11(13)22-4)8-12-14(19)18(3)16(17-2)24-12/h5-9H,1-4H3,(H,20,21)/b12-8-,17-16?/t9-/m1/s1. The maximum Gasteiger partial charge on any atom is 0.344 e. The topological polar surface area (TPSA) is 88.4 Å². The van der Waals surface area contributed by atoms with E-state index in [1.165, 1.54) is 30.7 Å². The molecule has 1 aliphatic heterocycles. The third-order valence-corrected chi connectivity index (χ3v) is 4.50. The molecule has 0 radical (unpaired) electrons.